The first-order chi connectivity index (χ1) is 7.12. The van der Waals surface area contributed by atoms with E-state index in [1.54, 1.807) is 0 Å². The van der Waals surface area contributed by atoms with Crippen molar-refractivity contribution in [1.29, 1.82) is 0 Å². The van der Waals surface area contributed by atoms with Gasteiger partial charge in [-0.3, -0.25) is 0 Å². The Balaban J connectivity index is 1.92. The molecule has 1 fully saturated rings. The molecule has 1 N–H and O–H groups in total. The van der Waals surface area contributed by atoms with Crippen LogP contribution in [0.25, 0.3) is 0 Å². The Kier molecular flexibility index (Phi) is 5.62. The third-order valence-corrected chi connectivity index (χ3v) is 3.34. The first kappa shape index (κ1) is 13.0. The van der Waals surface area contributed by atoms with E-state index >= 15 is 0 Å². The van der Waals surface area contributed by atoms with Crippen LogP contribution in [0.2, 0.25) is 0 Å². The molecule has 0 bridgehead atoms. The number of ether oxygens (including phenoxy) is 1. The molecular formula is C13H27NO. The van der Waals surface area contributed by atoms with E-state index < -0.39 is 0 Å². The van der Waals surface area contributed by atoms with Gasteiger partial charge in [-0.15, -0.1) is 0 Å². The highest BCUT2D eigenvalue weighted by atomic mass is 16.5. The first-order valence-electron chi connectivity index (χ1n) is 6.45. The second-order valence-electron chi connectivity index (χ2n) is 5.49. The maximum Gasteiger partial charge on any atom is 0.0591 e. The van der Waals surface area contributed by atoms with Crippen molar-refractivity contribution < 1.29 is 4.74 Å². The van der Waals surface area contributed by atoms with Gasteiger partial charge in [-0.1, -0.05) is 26.7 Å². The minimum atomic E-state index is 0.404. The zero-order valence-corrected chi connectivity index (χ0v) is 10.6. The smallest absolute Gasteiger partial charge is 0.0591 e. The first-order valence-corrected chi connectivity index (χ1v) is 6.45. The average molecular weight is 213 g/mol. The lowest BCUT2D eigenvalue weighted by Crippen LogP contribution is -2.41. The number of hydrogen-bond donors (Lipinski definition) is 1. The van der Waals surface area contributed by atoms with Gasteiger partial charge in [-0.2, -0.15) is 0 Å². The molecule has 0 unspecified atom stereocenters. The highest BCUT2D eigenvalue weighted by molar-refractivity contribution is 4.87. The summed E-state index contributed by atoms with van der Waals surface area (Å²) in [4.78, 5) is 0. The van der Waals surface area contributed by atoms with Gasteiger partial charge in [-0.05, 0) is 32.1 Å². The van der Waals surface area contributed by atoms with Crippen LogP contribution in [-0.2, 0) is 4.74 Å². The minimum Gasteiger partial charge on any atom is -0.380 e. The molecule has 0 radical (unpaired) electrons. The molecule has 15 heavy (non-hydrogen) atoms. The topological polar surface area (TPSA) is 21.3 Å². The van der Waals surface area contributed by atoms with Crippen molar-refractivity contribution in [3.63, 3.8) is 0 Å². The summed E-state index contributed by atoms with van der Waals surface area (Å²) in [5.41, 5.74) is 0.404. The van der Waals surface area contributed by atoms with Crippen LogP contribution >= 0.6 is 0 Å². The summed E-state index contributed by atoms with van der Waals surface area (Å²) in [7, 11) is 0. The second-order valence-corrected chi connectivity index (χ2v) is 5.49. The fourth-order valence-corrected chi connectivity index (χ4v) is 2.18. The van der Waals surface area contributed by atoms with Crippen molar-refractivity contribution >= 4 is 0 Å². The lowest BCUT2D eigenvalue weighted by atomic mass is 10.0. The Morgan fingerprint density at radius 1 is 1.20 bits per heavy atom. The van der Waals surface area contributed by atoms with Crippen LogP contribution in [0, 0.1) is 5.92 Å². The lowest BCUT2D eigenvalue weighted by molar-refractivity contribution is 0.119. The predicted molar refractivity (Wildman–Crippen MR) is 65.1 cm³/mol. The standard InChI is InChI=1S/C13H27NO/c1-12(2)6-10-15-11-9-14-13(3)7-4-5-8-13/h12,14H,4-11H2,1-3H3. The predicted octanol–water partition coefficient (Wildman–Crippen LogP) is 2.97. The van der Waals surface area contributed by atoms with Gasteiger partial charge in [0.2, 0.25) is 0 Å². The molecule has 0 aromatic rings. The molecular weight excluding hydrogens is 186 g/mol. The molecule has 0 aliphatic heterocycles. The van der Waals surface area contributed by atoms with Crippen LogP contribution in [0.3, 0.4) is 0 Å². The van der Waals surface area contributed by atoms with E-state index in [2.05, 4.69) is 26.1 Å². The van der Waals surface area contributed by atoms with Crippen molar-refractivity contribution in [2.75, 3.05) is 19.8 Å². The molecule has 1 saturated carbocycles. The minimum absolute atomic E-state index is 0.404. The summed E-state index contributed by atoms with van der Waals surface area (Å²) in [6.07, 6.45) is 6.62. The molecule has 0 saturated heterocycles. The van der Waals surface area contributed by atoms with Crippen LogP contribution < -0.4 is 5.32 Å². The van der Waals surface area contributed by atoms with Crippen LogP contribution in [0.15, 0.2) is 0 Å². The molecule has 1 aliphatic carbocycles. The van der Waals surface area contributed by atoms with E-state index in [9.17, 15) is 0 Å². The van der Waals surface area contributed by atoms with E-state index in [1.165, 1.54) is 32.1 Å². The van der Waals surface area contributed by atoms with E-state index in [4.69, 9.17) is 4.74 Å². The van der Waals surface area contributed by atoms with Crippen molar-refractivity contribution in [2.24, 2.45) is 5.92 Å². The highest BCUT2D eigenvalue weighted by Crippen LogP contribution is 2.28. The van der Waals surface area contributed by atoms with E-state index in [0.717, 1.165) is 25.7 Å². The maximum atomic E-state index is 5.59. The monoisotopic (exact) mass is 213 g/mol. The fourth-order valence-electron chi connectivity index (χ4n) is 2.18. The molecule has 90 valence electrons. The van der Waals surface area contributed by atoms with Crippen LogP contribution in [0.4, 0.5) is 0 Å². The molecule has 0 aromatic heterocycles. The van der Waals surface area contributed by atoms with Gasteiger partial charge >= 0.3 is 0 Å². The molecule has 1 aliphatic rings. The average Bonchev–Trinajstić information content (AvgIpc) is 2.58. The van der Waals surface area contributed by atoms with Crippen molar-refractivity contribution in [3.05, 3.63) is 0 Å². The molecule has 2 nitrogen and oxygen atoms in total. The van der Waals surface area contributed by atoms with Gasteiger partial charge < -0.3 is 10.1 Å². The van der Waals surface area contributed by atoms with E-state index in [0.29, 0.717) is 5.54 Å². The molecule has 0 spiro atoms. The summed E-state index contributed by atoms with van der Waals surface area (Å²) in [5.74, 6) is 0.755. The highest BCUT2D eigenvalue weighted by Gasteiger charge is 2.27. The summed E-state index contributed by atoms with van der Waals surface area (Å²) < 4.78 is 5.59. The molecule has 0 atom stereocenters. The Labute approximate surface area is 94.8 Å². The van der Waals surface area contributed by atoms with Gasteiger partial charge in [0.15, 0.2) is 0 Å². The Hall–Kier alpha value is -0.0800. The zero-order valence-electron chi connectivity index (χ0n) is 10.6. The van der Waals surface area contributed by atoms with Crippen molar-refractivity contribution in [3.8, 4) is 0 Å². The summed E-state index contributed by atoms with van der Waals surface area (Å²) >= 11 is 0. The summed E-state index contributed by atoms with van der Waals surface area (Å²) in [5, 5.41) is 3.62. The quantitative estimate of drug-likeness (QED) is 0.656. The van der Waals surface area contributed by atoms with Crippen LogP contribution in [0.5, 0.6) is 0 Å². The molecule has 0 aromatic carbocycles. The zero-order chi connectivity index (χ0) is 11.1. The normalized spacial score (nSPS) is 20.0. The third-order valence-electron chi connectivity index (χ3n) is 3.34. The van der Waals surface area contributed by atoms with E-state index in [1.807, 2.05) is 0 Å². The summed E-state index contributed by atoms with van der Waals surface area (Å²) in [6, 6.07) is 0. The Bertz CT molecular complexity index is 162. The van der Waals surface area contributed by atoms with E-state index in [-0.39, 0.29) is 0 Å². The Morgan fingerprint density at radius 3 is 2.47 bits per heavy atom. The molecule has 2 heteroatoms. The molecule has 0 heterocycles. The number of nitrogens with one attached hydrogen (secondary N) is 1. The van der Waals surface area contributed by atoms with Crippen LogP contribution in [-0.4, -0.2) is 25.3 Å². The van der Waals surface area contributed by atoms with Gasteiger partial charge in [0.05, 0.1) is 6.61 Å². The SMILES string of the molecule is CC(C)CCOCCNC1(C)CCCC1. The second kappa shape index (κ2) is 6.49. The van der Waals surface area contributed by atoms with Gasteiger partial charge in [0.1, 0.15) is 0 Å². The largest absolute Gasteiger partial charge is 0.380 e. The van der Waals surface area contributed by atoms with Gasteiger partial charge in [-0.25, -0.2) is 0 Å². The third kappa shape index (κ3) is 5.53. The number of hydrogen-bond acceptors (Lipinski definition) is 2. The fraction of sp³-hybridized carbons (Fsp3) is 1.00. The lowest BCUT2D eigenvalue weighted by Gasteiger charge is -2.25. The molecule has 0 amide bonds. The van der Waals surface area contributed by atoms with Gasteiger partial charge in [0.25, 0.3) is 0 Å². The molecule has 1 rings (SSSR count). The van der Waals surface area contributed by atoms with Crippen molar-refractivity contribution in [2.45, 2.75) is 58.4 Å². The Morgan fingerprint density at radius 2 is 1.87 bits per heavy atom. The number of rotatable bonds is 7. The maximum absolute atomic E-state index is 5.59. The van der Waals surface area contributed by atoms with Gasteiger partial charge in [0, 0.05) is 18.7 Å². The van der Waals surface area contributed by atoms with Crippen molar-refractivity contribution in [1.82, 2.24) is 5.32 Å². The summed E-state index contributed by atoms with van der Waals surface area (Å²) in [6.45, 7) is 9.60. The van der Waals surface area contributed by atoms with Crippen LogP contribution in [0.1, 0.15) is 52.9 Å².